The fraction of sp³-hybridized carbons (Fsp3) is 0.647. The van der Waals surface area contributed by atoms with Crippen molar-refractivity contribution in [1.82, 2.24) is 5.32 Å². The summed E-state index contributed by atoms with van der Waals surface area (Å²) >= 11 is 12.3. The lowest BCUT2D eigenvalue weighted by atomic mass is 9.78. The van der Waals surface area contributed by atoms with Gasteiger partial charge in [-0.1, -0.05) is 36.0 Å². The lowest BCUT2D eigenvalue weighted by Crippen LogP contribution is -2.41. The lowest BCUT2D eigenvalue weighted by Gasteiger charge is -2.41. The monoisotopic (exact) mass is 327 g/mol. The summed E-state index contributed by atoms with van der Waals surface area (Å²) in [6.07, 6.45) is 7.28. The van der Waals surface area contributed by atoms with Gasteiger partial charge in [-0.2, -0.15) is 0 Å². The molecule has 1 aliphatic heterocycles. The molecule has 1 saturated carbocycles. The highest BCUT2D eigenvalue weighted by atomic mass is 35.5. The number of rotatable bonds is 3. The van der Waals surface area contributed by atoms with Crippen LogP contribution in [0.1, 0.15) is 50.1 Å². The highest BCUT2D eigenvalue weighted by molar-refractivity contribution is 6.34. The normalized spacial score (nSPS) is 26.1. The predicted octanol–water partition coefficient (Wildman–Crippen LogP) is 4.99. The summed E-state index contributed by atoms with van der Waals surface area (Å²) in [7, 11) is 2.02. The summed E-state index contributed by atoms with van der Waals surface area (Å²) in [4.78, 5) is 0. The van der Waals surface area contributed by atoms with E-state index >= 15 is 0 Å². The van der Waals surface area contributed by atoms with Crippen molar-refractivity contribution in [1.29, 1.82) is 0 Å². The molecule has 2 fully saturated rings. The van der Waals surface area contributed by atoms with Crippen molar-refractivity contribution in [3.8, 4) is 0 Å². The zero-order valence-electron chi connectivity index (χ0n) is 12.5. The van der Waals surface area contributed by atoms with Gasteiger partial charge >= 0.3 is 0 Å². The molecule has 116 valence electrons. The molecule has 1 N–H and O–H groups in total. The average molecular weight is 328 g/mol. The van der Waals surface area contributed by atoms with Gasteiger partial charge in [0.2, 0.25) is 0 Å². The molecule has 1 spiro atoms. The van der Waals surface area contributed by atoms with Crippen LogP contribution in [0.15, 0.2) is 18.2 Å². The Kier molecular flexibility index (Phi) is 4.80. The first kappa shape index (κ1) is 15.6. The molecule has 21 heavy (non-hydrogen) atoms. The van der Waals surface area contributed by atoms with Crippen LogP contribution in [0.4, 0.5) is 0 Å². The van der Waals surface area contributed by atoms with E-state index in [1.807, 2.05) is 19.2 Å². The maximum Gasteiger partial charge on any atom is 0.0686 e. The maximum atomic E-state index is 6.17. The fourth-order valence-electron chi connectivity index (χ4n) is 4.15. The van der Waals surface area contributed by atoms with E-state index in [9.17, 15) is 0 Å². The Hall–Kier alpha value is -0.280. The molecule has 1 heterocycles. The smallest absolute Gasteiger partial charge is 0.0686 e. The highest BCUT2D eigenvalue weighted by Gasteiger charge is 2.42. The van der Waals surface area contributed by atoms with Crippen molar-refractivity contribution in [3.63, 3.8) is 0 Å². The molecule has 0 aromatic heterocycles. The molecule has 2 atom stereocenters. The van der Waals surface area contributed by atoms with Crippen LogP contribution < -0.4 is 5.32 Å². The molecule has 3 rings (SSSR count). The third kappa shape index (κ3) is 3.39. The average Bonchev–Trinajstić information content (AvgIpc) is 2.86. The summed E-state index contributed by atoms with van der Waals surface area (Å²) < 4.78 is 6.15. The molecular formula is C17H23Cl2NO. The summed E-state index contributed by atoms with van der Waals surface area (Å²) in [6, 6.07) is 6.15. The van der Waals surface area contributed by atoms with E-state index in [0.717, 1.165) is 19.4 Å². The predicted molar refractivity (Wildman–Crippen MR) is 88.1 cm³/mol. The Labute approximate surface area is 137 Å². The van der Waals surface area contributed by atoms with E-state index in [2.05, 4.69) is 5.32 Å². The van der Waals surface area contributed by atoms with Gasteiger partial charge in [0.1, 0.15) is 0 Å². The quantitative estimate of drug-likeness (QED) is 0.844. The number of halogens is 2. The first-order chi connectivity index (χ1) is 10.1. The van der Waals surface area contributed by atoms with E-state index in [4.69, 9.17) is 27.9 Å². The second kappa shape index (κ2) is 6.45. The molecule has 0 amide bonds. The Morgan fingerprint density at radius 1 is 1.19 bits per heavy atom. The molecular weight excluding hydrogens is 305 g/mol. The van der Waals surface area contributed by atoms with Gasteiger partial charge in [0.25, 0.3) is 0 Å². The highest BCUT2D eigenvalue weighted by Crippen LogP contribution is 2.45. The van der Waals surface area contributed by atoms with Crippen molar-refractivity contribution in [2.75, 3.05) is 13.7 Å². The topological polar surface area (TPSA) is 21.3 Å². The third-order valence-electron chi connectivity index (χ3n) is 5.07. The van der Waals surface area contributed by atoms with Crippen molar-refractivity contribution < 1.29 is 4.74 Å². The number of ether oxygens (including phenoxy) is 1. The SMILES string of the molecule is CNC(c1cc(Cl)cc(Cl)c1)C1CCOC2(CCCC2)C1. The minimum atomic E-state index is 0.139. The van der Waals surface area contributed by atoms with E-state index in [-0.39, 0.29) is 5.60 Å². The minimum absolute atomic E-state index is 0.139. The molecule has 0 bridgehead atoms. The van der Waals surface area contributed by atoms with Crippen LogP contribution in [0.25, 0.3) is 0 Å². The van der Waals surface area contributed by atoms with Crippen LogP contribution in [0.3, 0.4) is 0 Å². The standard InChI is InChI=1S/C17H23Cl2NO/c1-20-16(13-8-14(18)10-15(19)9-13)12-4-7-21-17(11-12)5-2-3-6-17/h8-10,12,16,20H,2-7,11H2,1H3. The van der Waals surface area contributed by atoms with Crippen molar-refractivity contribution in [3.05, 3.63) is 33.8 Å². The lowest BCUT2D eigenvalue weighted by molar-refractivity contribution is -0.0978. The van der Waals surface area contributed by atoms with Crippen molar-refractivity contribution in [2.45, 2.75) is 50.2 Å². The van der Waals surface area contributed by atoms with Crippen LogP contribution in [0, 0.1) is 5.92 Å². The van der Waals surface area contributed by atoms with Gasteiger partial charge in [0, 0.05) is 22.7 Å². The van der Waals surface area contributed by atoms with Gasteiger partial charge < -0.3 is 10.1 Å². The Balaban J connectivity index is 1.82. The molecule has 1 aliphatic carbocycles. The summed E-state index contributed by atoms with van der Waals surface area (Å²) in [6.45, 7) is 0.872. The van der Waals surface area contributed by atoms with Crippen LogP contribution >= 0.6 is 23.2 Å². The first-order valence-electron chi connectivity index (χ1n) is 7.89. The maximum absolute atomic E-state index is 6.17. The van der Waals surface area contributed by atoms with E-state index in [1.54, 1.807) is 6.07 Å². The van der Waals surface area contributed by atoms with Crippen LogP contribution in [0.5, 0.6) is 0 Å². The second-order valence-electron chi connectivity index (χ2n) is 6.46. The van der Waals surface area contributed by atoms with Crippen LogP contribution in [-0.2, 0) is 4.74 Å². The van der Waals surface area contributed by atoms with Crippen LogP contribution in [0.2, 0.25) is 10.0 Å². The van der Waals surface area contributed by atoms with Gasteiger partial charge in [-0.05, 0) is 62.4 Å². The Bertz CT molecular complexity index is 479. The van der Waals surface area contributed by atoms with Gasteiger partial charge in [-0.15, -0.1) is 0 Å². The molecule has 1 aromatic rings. The Morgan fingerprint density at radius 2 is 1.86 bits per heavy atom. The minimum Gasteiger partial charge on any atom is -0.375 e. The van der Waals surface area contributed by atoms with Crippen LogP contribution in [-0.4, -0.2) is 19.3 Å². The molecule has 2 nitrogen and oxygen atoms in total. The second-order valence-corrected chi connectivity index (χ2v) is 7.33. The van der Waals surface area contributed by atoms with E-state index < -0.39 is 0 Å². The fourth-order valence-corrected chi connectivity index (χ4v) is 4.69. The summed E-state index contributed by atoms with van der Waals surface area (Å²) in [5.74, 6) is 0.580. The van der Waals surface area contributed by atoms with E-state index in [0.29, 0.717) is 22.0 Å². The Morgan fingerprint density at radius 3 is 2.48 bits per heavy atom. The number of hydrogen-bond acceptors (Lipinski definition) is 2. The molecule has 2 aliphatic rings. The van der Waals surface area contributed by atoms with Gasteiger partial charge in [-0.25, -0.2) is 0 Å². The van der Waals surface area contributed by atoms with E-state index in [1.165, 1.54) is 31.2 Å². The van der Waals surface area contributed by atoms with Gasteiger partial charge in [-0.3, -0.25) is 0 Å². The number of benzene rings is 1. The molecule has 0 radical (unpaired) electrons. The molecule has 4 heteroatoms. The first-order valence-corrected chi connectivity index (χ1v) is 8.65. The van der Waals surface area contributed by atoms with Crippen molar-refractivity contribution in [2.24, 2.45) is 5.92 Å². The number of nitrogens with one attached hydrogen (secondary N) is 1. The zero-order valence-corrected chi connectivity index (χ0v) is 14.0. The molecule has 2 unspecified atom stereocenters. The number of hydrogen-bond donors (Lipinski definition) is 1. The van der Waals surface area contributed by atoms with Crippen molar-refractivity contribution >= 4 is 23.2 Å². The molecule has 1 saturated heterocycles. The molecule has 1 aromatic carbocycles. The zero-order chi connectivity index (χ0) is 14.9. The van der Waals surface area contributed by atoms with Gasteiger partial charge in [0.15, 0.2) is 0 Å². The summed E-state index contributed by atoms with van der Waals surface area (Å²) in [5.41, 5.74) is 1.33. The summed E-state index contributed by atoms with van der Waals surface area (Å²) in [5, 5.41) is 4.89. The largest absolute Gasteiger partial charge is 0.375 e. The third-order valence-corrected chi connectivity index (χ3v) is 5.51. The van der Waals surface area contributed by atoms with Gasteiger partial charge in [0.05, 0.1) is 5.60 Å².